The van der Waals surface area contributed by atoms with Crippen LogP contribution in [-0.4, -0.2) is 67.9 Å². The molecule has 0 spiro atoms. The predicted molar refractivity (Wildman–Crippen MR) is 272 cm³/mol. The normalized spacial score (nSPS) is 10.2. The molecule has 0 saturated heterocycles. The van der Waals surface area contributed by atoms with Crippen LogP contribution in [0.5, 0.6) is 11.5 Å². The number of carbonyl (C=O) groups excluding carboxylic acids is 1. The zero-order chi connectivity index (χ0) is 49.1. The molecule has 4 aromatic heterocycles. The number of benzene rings is 4. The number of carbonyl (C=O) groups is 2. The summed E-state index contributed by atoms with van der Waals surface area (Å²) in [5.41, 5.74) is 9.12. The molecule has 4 aromatic carbocycles. The van der Waals surface area contributed by atoms with E-state index in [1.54, 1.807) is 27.9 Å². The standard InChI is InChI=1S/C26H26N4O4.C22H23N3O4.C3H4N2O.CH4.B/c1-3-33-24-23(22(31)14-21-15-27-34-18-21)28-26(29(2)25(24)32)30(16-19-10-6-4-7-11-19)17-20-12-8-5-9-13-20;1-3-29-19-18(21(27)28)23-22(24(2)20(19)26)25(14-16-10-6-4-7-11-16)15-17-12-8-5-9-13-17;4-3-1-5-6-2-3;;/h4-13,15,18H,3,14,16-17H2,1-2H3;4-13H,3,14-15H2,1-2H3,(H,27,28);1-2H,4H2;1H4;. The molecule has 0 aliphatic rings. The molecule has 3 N–H and O–H groups in total. The van der Waals surface area contributed by atoms with Gasteiger partial charge < -0.3 is 39.2 Å². The number of Topliss-reactive ketones (excluding diaryl/α,β-unsaturated/α-hetero) is 1. The largest absolute Gasteiger partial charge is 0.486 e. The van der Waals surface area contributed by atoms with Crippen molar-refractivity contribution in [1.29, 1.82) is 0 Å². The van der Waals surface area contributed by atoms with Crippen molar-refractivity contribution >= 4 is 37.7 Å². The summed E-state index contributed by atoms with van der Waals surface area (Å²) in [6, 6.07) is 39.3. The first-order chi connectivity index (χ1) is 33.5. The first-order valence-corrected chi connectivity index (χ1v) is 21.9. The van der Waals surface area contributed by atoms with Crippen LogP contribution in [-0.2, 0) is 46.7 Å². The number of ketones is 1. The van der Waals surface area contributed by atoms with Crippen molar-refractivity contribution in [2.45, 2.75) is 53.9 Å². The average molecular weight is 963 g/mol. The predicted octanol–water partition coefficient (Wildman–Crippen LogP) is 7.40. The van der Waals surface area contributed by atoms with Crippen LogP contribution in [0.15, 0.2) is 165 Å². The van der Waals surface area contributed by atoms with Gasteiger partial charge in [0.2, 0.25) is 23.4 Å². The molecule has 0 unspecified atom stereocenters. The van der Waals surface area contributed by atoms with Gasteiger partial charge in [0.05, 0.1) is 31.3 Å². The van der Waals surface area contributed by atoms with E-state index in [1.807, 2.05) is 131 Å². The maximum atomic E-state index is 13.3. The summed E-state index contributed by atoms with van der Waals surface area (Å²) in [4.78, 5) is 63.9. The van der Waals surface area contributed by atoms with E-state index >= 15 is 0 Å². The smallest absolute Gasteiger partial charge is 0.358 e. The molecule has 0 amide bonds. The van der Waals surface area contributed by atoms with Crippen molar-refractivity contribution in [3.8, 4) is 11.5 Å². The van der Waals surface area contributed by atoms with Crippen LogP contribution in [0.4, 0.5) is 17.6 Å². The molecule has 71 heavy (non-hydrogen) atoms. The van der Waals surface area contributed by atoms with Gasteiger partial charge in [-0.25, -0.2) is 14.8 Å². The highest BCUT2D eigenvalue weighted by molar-refractivity contribution is 5.98. The van der Waals surface area contributed by atoms with Crippen LogP contribution in [0.1, 0.15) is 70.1 Å². The third kappa shape index (κ3) is 15.1. The van der Waals surface area contributed by atoms with E-state index in [0.717, 1.165) is 22.3 Å². The summed E-state index contributed by atoms with van der Waals surface area (Å²) in [5.74, 6) is -1.28. The van der Waals surface area contributed by atoms with Gasteiger partial charge >= 0.3 is 5.97 Å². The molecule has 4 heterocycles. The number of hydrogen-bond donors (Lipinski definition) is 2. The quantitative estimate of drug-likeness (QED) is 0.0631. The second-order valence-corrected chi connectivity index (χ2v) is 15.3. The highest BCUT2D eigenvalue weighted by Gasteiger charge is 2.26. The molecule has 0 fully saturated rings. The number of carboxylic acids is 1. The zero-order valence-corrected chi connectivity index (χ0v) is 39.3. The molecular weight excluding hydrogens is 905 g/mol. The van der Waals surface area contributed by atoms with Crippen molar-refractivity contribution in [3.63, 3.8) is 0 Å². The van der Waals surface area contributed by atoms with E-state index in [2.05, 4.69) is 24.8 Å². The number of nitrogen functional groups attached to an aromatic ring is 1. The lowest BCUT2D eigenvalue weighted by Gasteiger charge is -2.26. The summed E-state index contributed by atoms with van der Waals surface area (Å²) >= 11 is 0. The van der Waals surface area contributed by atoms with Gasteiger partial charge in [-0.15, -0.1) is 0 Å². The van der Waals surface area contributed by atoms with E-state index < -0.39 is 17.1 Å². The van der Waals surface area contributed by atoms with Crippen molar-refractivity contribution in [3.05, 3.63) is 206 Å². The molecule has 8 rings (SSSR count). The van der Waals surface area contributed by atoms with Gasteiger partial charge in [0.1, 0.15) is 12.5 Å². The van der Waals surface area contributed by atoms with E-state index in [9.17, 15) is 24.3 Å². The Bertz CT molecular complexity index is 2890. The number of rotatable bonds is 18. The molecule has 0 atom stereocenters. The minimum Gasteiger partial charge on any atom is -0.486 e. The van der Waals surface area contributed by atoms with Crippen LogP contribution in [0, 0.1) is 0 Å². The zero-order valence-electron chi connectivity index (χ0n) is 39.3. The van der Waals surface area contributed by atoms with Crippen LogP contribution in [0.3, 0.4) is 0 Å². The maximum Gasteiger partial charge on any atom is 0.358 e. The number of aromatic carboxylic acids is 1. The Morgan fingerprint density at radius 2 is 0.958 bits per heavy atom. The fourth-order valence-corrected chi connectivity index (χ4v) is 6.99. The Morgan fingerprint density at radius 3 is 1.27 bits per heavy atom. The van der Waals surface area contributed by atoms with Crippen LogP contribution >= 0.6 is 0 Å². The molecule has 19 heteroatoms. The molecule has 18 nitrogen and oxygen atoms in total. The van der Waals surface area contributed by atoms with Gasteiger partial charge in [-0.1, -0.05) is 139 Å². The summed E-state index contributed by atoms with van der Waals surface area (Å²) in [5, 5.41) is 16.6. The summed E-state index contributed by atoms with van der Waals surface area (Å²) in [6.45, 7) is 5.79. The first-order valence-electron chi connectivity index (χ1n) is 21.9. The van der Waals surface area contributed by atoms with Gasteiger partial charge in [0.15, 0.2) is 17.2 Å². The third-order valence-electron chi connectivity index (χ3n) is 10.2. The second-order valence-electron chi connectivity index (χ2n) is 15.3. The Labute approximate surface area is 413 Å². The number of hydrogen-bond acceptors (Lipinski definition) is 15. The minimum absolute atomic E-state index is 0. The fourth-order valence-electron chi connectivity index (χ4n) is 6.99. The summed E-state index contributed by atoms with van der Waals surface area (Å²) < 4.78 is 22.8. The average Bonchev–Trinajstić information content (AvgIpc) is 4.07. The Morgan fingerprint density at radius 1 is 0.592 bits per heavy atom. The summed E-state index contributed by atoms with van der Waals surface area (Å²) in [6.07, 6.45) is 5.69. The number of ether oxygens (including phenoxy) is 2. The number of aromatic nitrogens is 6. The van der Waals surface area contributed by atoms with Crippen LogP contribution in [0.25, 0.3) is 0 Å². The lowest BCUT2D eigenvalue weighted by molar-refractivity contribution is 0.0684. The number of anilines is 3. The van der Waals surface area contributed by atoms with Gasteiger partial charge in [-0.2, -0.15) is 0 Å². The van der Waals surface area contributed by atoms with Crippen LogP contribution in [0.2, 0.25) is 0 Å². The maximum absolute atomic E-state index is 13.3. The van der Waals surface area contributed by atoms with Crippen molar-refractivity contribution < 1.29 is 33.2 Å². The molecule has 0 aliphatic heterocycles. The van der Waals surface area contributed by atoms with E-state index in [0.29, 0.717) is 43.4 Å². The number of nitrogens with two attached hydrogens (primary N) is 1. The van der Waals surface area contributed by atoms with Gasteiger partial charge in [-0.3, -0.25) is 23.5 Å². The highest BCUT2D eigenvalue weighted by Crippen LogP contribution is 2.24. The second kappa shape index (κ2) is 27.3. The van der Waals surface area contributed by atoms with Crippen molar-refractivity contribution in [2.24, 2.45) is 14.1 Å². The van der Waals surface area contributed by atoms with Crippen LogP contribution < -0.4 is 36.1 Å². The molecule has 0 bridgehead atoms. The molecule has 3 radical (unpaired) electrons. The number of nitrogens with zero attached hydrogens (tertiary/aromatic N) is 8. The monoisotopic (exact) mass is 962 g/mol. The van der Waals surface area contributed by atoms with Crippen molar-refractivity contribution in [1.82, 2.24) is 29.4 Å². The number of carboxylic acid groups (broad SMARTS) is 1. The lowest BCUT2D eigenvalue weighted by atomic mass is 10.1. The Kier molecular flexibility index (Phi) is 21.1. The van der Waals surface area contributed by atoms with E-state index in [1.165, 1.54) is 34.1 Å². The van der Waals surface area contributed by atoms with Gasteiger partial charge in [0, 0.05) is 60.7 Å². The van der Waals surface area contributed by atoms with Gasteiger partial charge in [0.25, 0.3) is 11.1 Å². The molecule has 0 aliphatic carbocycles. The minimum atomic E-state index is -1.30. The van der Waals surface area contributed by atoms with Crippen molar-refractivity contribution in [2.75, 3.05) is 28.7 Å². The van der Waals surface area contributed by atoms with E-state index in [4.69, 9.17) is 19.7 Å². The molecule has 0 saturated carbocycles. The topological polar surface area (TPSA) is 227 Å². The molecule has 8 aromatic rings. The molecule has 367 valence electrons. The lowest BCUT2D eigenvalue weighted by Crippen LogP contribution is -2.33. The highest BCUT2D eigenvalue weighted by atomic mass is 16.5. The Hall–Kier alpha value is -8.74. The molecular formula is C52H57BN9O9. The third-order valence-corrected chi connectivity index (χ3v) is 10.2. The van der Waals surface area contributed by atoms with E-state index in [-0.39, 0.29) is 70.1 Å². The fraction of sp³-hybridized carbons (Fsp3) is 0.231. The SMILES string of the molecule is C.CCOc1c(C(=O)Cc2cnoc2)nc(N(Cc2ccccc2)Cc2ccccc2)n(C)c1=O.CCOc1c(C(=O)O)nc(N(Cc2ccccc2)Cc2ccccc2)n(C)c1=O.Nc1cnoc1.[B]. The van der Waals surface area contributed by atoms with Gasteiger partial charge in [-0.05, 0) is 36.1 Å². The first kappa shape index (κ1) is 54.9. The Balaban J connectivity index is 0.000000271. The summed E-state index contributed by atoms with van der Waals surface area (Å²) in [7, 11) is 3.21.